The van der Waals surface area contributed by atoms with E-state index < -0.39 is 6.10 Å². The lowest BCUT2D eigenvalue weighted by atomic mass is 10.0. The van der Waals surface area contributed by atoms with Gasteiger partial charge in [-0.1, -0.05) is 264 Å². The number of hydrogen-bond acceptors (Lipinski definition) is 6. The maximum atomic E-state index is 12.8. The Balaban J connectivity index is 4.29. The first-order chi connectivity index (χ1) is 37.0. The van der Waals surface area contributed by atoms with Crippen molar-refractivity contribution in [2.24, 2.45) is 0 Å². The van der Waals surface area contributed by atoms with E-state index in [9.17, 15) is 14.4 Å². The molecule has 0 fully saturated rings. The van der Waals surface area contributed by atoms with E-state index in [4.69, 9.17) is 14.2 Å². The summed E-state index contributed by atoms with van der Waals surface area (Å²) in [6, 6.07) is 0. The molecule has 0 bridgehead atoms. The Kier molecular flexibility index (Phi) is 58.9. The van der Waals surface area contributed by atoms with Crippen LogP contribution in [0.1, 0.15) is 278 Å². The van der Waals surface area contributed by atoms with Crippen molar-refractivity contribution >= 4 is 17.9 Å². The number of allylic oxidation sites excluding steroid dienone is 20. The number of rotatable bonds is 55. The lowest BCUT2D eigenvalue weighted by Gasteiger charge is -2.18. The third-order valence-corrected chi connectivity index (χ3v) is 12.9. The molecule has 0 rings (SSSR count). The Morgan fingerprint density at radius 1 is 0.280 bits per heavy atom. The molecule has 0 aromatic heterocycles. The first-order valence-corrected chi connectivity index (χ1v) is 31.0. The van der Waals surface area contributed by atoms with Crippen molar-refractivity contribution in [1.29, 1.82) is 0 Å². The third-order valence-electron chi connectivity index (χ3n) is 12.9. The number of carbonyl (C=O) groups is 3. The van der Waals surface area contributed by atoms with E-state index in [0.29, 0.717) is 19.3 Å². The first-order valence-electron chi connectivity index (χ1n) is 31.0. The lowest BCUT2D eigenvalue weighted by molar-refractivity contribution is -0.166. The summed E-state index contributed by atoms with van der Waals surface area (Å²) in [6.45, 7) is 6.31. The highest BCUT2D eigenvalue weighted by Crippen LogP contribution is 2.16. The second kappa shape index (κ2) is 62.4. The molecule has 0 saturated carbocycles. The van der Waals surface area contributed by atoms with Gasteiger partial charge in [0.25, 0.3) is 0 Å². The standard InChI is InChI=1S/C69H114O6/c1-4-7-10-13-16-19-22-25-27-28-29-30-31-32-33-34-35-36-37-38-39-40-42-44-47-50-53-56-59-62-68(71)74-65-66(64-73-67(70)61-58-55-52-49-46-43-24-21-18-15-12-9-6-3)75-69(72)63-60-57-54-51-48-45-41-26-23-20-17-14-11-8-5-2/h8-9,11-12,17-18,20-22,25-26,28-29,41,43,46,48,51-52,55,66H,4-7,10,13-16,19,23-24,27,30-40,42,44-45,47,49-50,53-54,56-65H2,1-3H3/b11-8-,12-9-,20-17-,21-18-,25-22-,29-28-,41-26-,46-43-,51-48-,55-52-. The molecule has 426 valence electrons. The summed E-state index contributed by atoms with van der Waals surface area (Å²) in [5.41, 5.74) is 0. The minimum Gasteiger partial charge on any atom is -0.462 e. The molecule has 0 aliphatic heterocycles. The van der Waals surface area contributed by atoms with Gasteiger partial charge in [0.1, 0.15) is 13.2 Å². The number of hydrogen-bond donors (Lipinski definition) is 0. The Morgan fingerprint density at radius 2 is 0.547 bits per heavy atom. The third kappa shape index (κ3) is 60.6. The fourth-order valence-electron chi connectivity index (χ4n) is 8.36. The van der Waals surface area contributed by atoms with Crippen LogP contribution in [0.2, 0.25) is 0 Å². The molecule has 6 nitrogen and oxygen atoms in total. The maximum Gasteiger partial charge on any atom is 0.306 e. The Labute approximate surface area is 462 Å². The van der Waals surface area contributed by atoms with Gasteiger partial charge in [0, 0.05) is 19.3 Å². The van der Waals surface area contributed by atoms with E-state index in [1.165, 1.54) is 135 Å². The summed E-state index contributed by atoms with van der Waals surface area (Å²) in [6.07, 6.45) is 86.7. The van der Waals surface area contributed by atoms with Crippen LogP contribution in [0, 0.1) is 0 Å². The van der Waals surface area contributed by atoms with E-state index in [1.54, 1.807) is 0 Å². The van der Waals surface area contributed by atoms with Crippen molar-refractivity contribution < 1.29 is 28.6 Å². The minimum absolute atomic E-state index is 0.118. The van der Waals surface area contributed by atoms with E-state index in [-0.39, 0.29) is 44.0 Å². The summed E-state index contributed by atoms with van der Waals surface area (Å²) in [4.78, 5) is 38.1. The molecule has 0 heterocycles. The molecule has 0 saturated heterocycles. The van der Waals surface area contributed by atoms with Crippen molar-refractivity contribution in [1.82, 2.24) is 0 Å². The predicted octanol–water partition coefficient (Wildman–Crippen LogP) is 21.2. The zero-order chi connectivity index (χ0) is 54.3. The van der Waals surface area contributed by atoms with E-state index >= 15 is 0 Å². The van der Waals surface area contributed by atoms with Crippen LogP contribution in [0.15, 0.2) is 122 Å². The quantitative estimate of drug-likeness (QED) is 0.0261. The van der Waals surface area contributed by atoms with Crippen LogP contribution in [0.4, 0.5) is 0 Å². The zero-order valence-corrected chi connectivity index (χ0v) is 48.8. The van der Waals surface area contributed by atoms with Crippen molar-refractivity contribution in [2.45, 2.75) is 284 Å². The van der Waals surface area contributed by atoms with Crippen LogP contribution >= 0.6 is 0 Å². The van der Waals surface area contributed by atoms with Gasteiger partial charge in [-0.2, -0.15) is 0 Å². The molecule has 6 heteroatoms. The molecule has 0 aromatic rings. The Bertz CT molecular complexity index is 1570. The minimum atomic E-state index is -0.831. The van der Waals surface area contributed by atoms with Gasteiger partial charge in [0.05, 0.1) is 0 Å². The van der Waals surface area contributed by atoms with Crippen LogP contribution < -0.4 is 0 Å². The van der Waals surface area contributed by atoms with E-state index in [0.717, 1.165) is 89.9 Å². The van der Waals surface area contributed by atoms with Gasteiger partial charge in [0.15, 0.2) is 6.10 Å². The fraction of sp³-hybridized carbons (Fsp3) is 0.667. The van der Waals surface area contributed by atoms with Crippen molar-refractivity contribution in [3.8, 4) is 0 Å². The molecule has 0 amide bonds. The largest absolute Gasteiger partial charge is 0.462 e. The second-order valence-corrected chi connectivity index (χ2v) is 20.2. The van der Waals surface area contributed by atoms with Crippen LogP contribution in [-0.4, -0.2) is 37.2 Å². The highest BCUT2D eigenvalue weighted by Gasteiger charge is 2.19. The number of carbonyl (C=O) groups excluding carboxylic acids is 3. The Morgan fingerprint density at radius 3 is 0.920 bits per heavy atom. The van der Waals surface area contributed by atoms with Crippen LogP contribution in [0.25, 0.3) is 0 Å². The second-order valence-electron chi connectivity index (χ2n) is 20.2. The summed E-state index contributed by atoms with van der Waals surface area (Å²) in [7, 11) is 0. The highest BCUT2D eigenvalue weighted by atomic mass is 16.6. The van der Waals surface area contributed by atoms with Crippen LogP contribution in [0.5, 0.6) is 0 Å². The molecule has 0 aliphatic carbocycles. The van der Waals surface area contributed by atoms with Crippen molar-refractivity contribution in [2.75, 3.05) is 13.2 Å². The summed E-state index contributed by atoms with van der Waals surface area (Å²) < 4.78 is 16.8. The molecular formula is C69H114O6. The average Bonchev–Trinajstić information content (AvgIpc) is 3.41. The predicted molar refractivity (Wildman–Crippen MR) is 325 cm³/mol. The van der Waals surface area contributed by atoms with Gasteiger partial charge in [-0.05, 0) is 116 Å². The summed E-state index contributed by atoms with van der Waals surface area (Å²) in [5, 5.41) is 0. The molecule has 0 N–H and O–H groups in total. The topological polar surface area (TPSA) is 78.9 Å². The van der Waals surface area contributed by atoms with Crippen LogP contribution in [-0.2, 0) is 28.6 Å². The van der Waals surface area contributed by atoms with Crippen LogP contribution in [0.3, 0.4) is 0 Å². The molecule has 0 spiro atoms. The van der Waals surface area contributed by atoms with Gasteiger partial charge in [0.2, 0.25) is 0 Å². The van der Waals surface area contributed by atoms with Crippen molar-refractivity contribution in [3.05, 3.63) is 122 Å². The van der Waals surface area contributed by atoms with Gasteiger partial charge in [-0.15, -0.1) is 0 Å². The highest BCUT2D eigenvalue weighted by molar-refractivity contribution is 5.71. The number of unbranched alkanes of at least 4 members (excludes halogenated alkanes) is 24. The zero-order valence-electron chi connectivity index (χ0n) is 48.8. The number of esters is 3. The SMILES string of the molecule is CC/C=C\C/C=C\C/C=C\C/C=C\CCCCC(=O)OC(COC(=O)CC/C=C\C/C=C\C/C=C\C/C=C\CC)COC(=O)CCCCCCCCCCCCCCCCCCC/C=C\C/C=C\CCCCCCC. The van der Waals surface area contributed by atoms with Crippen molar-refractivity contribution in [3.63, 3.8) is 0 Å². The van der Waals surface area contributed by atoms with Gasteiger partial charge < -0.3 is 14.2 Å². The molecule has 0 radical (unpaired) electrons. The summed E-state index contributed by atoms with van der Waals surface area (Å²) >= 11 is 0. The Hall–Kier alpha value is -4.19. The first kappa shape index (κ1) is 70.8. The molecule has 75 heavy (non-hydrogen) atoms. The average molecular weight is 1040 g/mol. The van der Waals surface area contributed by atoms with E-state index in [1.807, 2.05) is 12.2 Å². The molecule has 1 atom stereocenters. The normalized spacial score (nSPS) is 12.9. The monoisotopic (exact) mass is 1040 g/mol. The molecule has 0 aliphatic rings. The number of ether oxygens (including phenoxy) is 3. The molecule has 0 aromatic carbocycles. The molecular weight excluding hydrogens is 925 g/mol. The van der Waals surface area contributed by atoms with Gasteiger partial charge >= 0.3 is 17.9 Å². The van der Waals surface area contributed by atoms with E-state index in [2.05, 4.69) is 130 Å². The summed E-state index contributed by atoms with van der Waals surface area (Å²) in [5.74, 6) is -1.04. The fourth-order valence-corrected chi connectivity index (χ4v) is 8.36. The van der Waals surface area contributed by atoms with Gasteiger partial charge in [-0.25, -0.2) is 0 Å². The van der Waals surface area contributed by atoms with Gasteiger partial charge in [-0.3, -0.25) is 14.4 Å². The smallest absolute Gasteiger partial charge is 0.306 e. The maximum absolute atomic E-state index is 12.8. The lowest BCUT2D eigenvalue weighted by Crippen LogP contribution is -2.30. The molecule has 1 unspecified atom stereocenters.